The lowest BCUT2D eigenvalue weighted by Crippen LogP contribution is -2.09. The molecule has 0 fully saturated rings. The van der Waals surface area contributed by atoms with Gasteiger partial charge in [-0.25, -0.2) is 0 Å². The zero-order valence-corrected chi connectivity index (χ0v) is 26.1. The van der Waals surface area contributed by atoms with Crippen molar-refractivity contribution in [3.05, 3.63) is 204 Å². The standard InChI is InChI=1S/C45H34N2/c1-5-13-38(14-6-1)46(39-15-7-2-8-16-39)42-26-23-34(24-27-42)21-22-35-25-29-44-36(31-35)32-37-33-43(28-30-45(37)44)47(40-17-9-3-10-18-40)41-19-11-4-12-20-41/h1-31,33H,32H2. The van der Waals surface area contributed by atoms with Gasteiger partial charge in [0.15, 0.2) is 0 Å². The van der Waals surface area contributed by atoms with Gasteiger partial charge in [0.1, 0.15) is 0 Å². The highest BCUT2D eigenvalue weighted by molar-refractivity contribution is 5.84. The van der Waals surface area contributed by atoms with E-state index in [0.717, 1.165) is 34.9 Å². The molecule has 1 aliphatic carbocycles. The van der Waals surface area contributed by atoms with Gasteiger partial charge >= 0.3 is 0 Å². The second kappa shape index (κ2) is 12.7. The normalized spacial score (nSPS) is 11.7. The molecule has 7 aromatic rings. The third-order valence-electron chi connectivity index (χ3n) is 8.82. The van der Waals surface area contributed by atoms with Crippen molar-refractivity contribution in [3.8, 4) is 11.1 Å². The fraction of sp³-hybridized carbons (Fsp3) is 0.0222. The van der Waals surface area contributed by atoms with E-state index in [1.54, 1.807) is 0 Å². The van der Waals surface area contributed by atoms with Gasteiger partial charge in [0, 0.05) is 34.1 Å². The van der Waals surface area contributed by atoms with Gasteiger partial charge < -0.3 is 9.80 Å². The zero-order chi connectivity index (χ0) is 31.4. The number of fused-ring (bicyclic) bond motifs is 3. The Morgan fingerprint density at radius 1 is 0.319 bits per heavy atom. The Kier molecular flexibility index (Phi) is 7.67. The molecule has 47 heavy (non-hydrogen) atoms. The van der Waals surface area contributed by atoms with Crippen LogP contribution in [0.2, 0.25) is 0 Å². The molecular weight excluding hydrogens is 569 g/mol. The lowest BCUT2D eigenvalue weighted by molar-refractivity contribution is 1.23. The number of rotatable bonds is 8. The first kappa shape index (κ1) is 28.4. The van der Waals surface area contributed by atoms with Crippen LogP contribution in [0, 0.1) is 0 Å². The number of nitrogens with zero attached hydrogens (tertiary/aromatic N) is 2. The molecule has 7 aromatic carbocycles. The molecule has 0 radical (unpaired) electrons. The van der Waals surface area contributed by atoms with Gasteiger partial charge in [-0.05, 0) is 113 Å². The number of benzene rings is 7. The quantitative estimate of drug-likeness (QED) is 0.160. The van der Waals surface area contributed by atoms with Gasteiger partial charge in [0.25, 0.3) is 0 Å². The van der Waals surface area contributed by atoms with Crippen LogP contribution in [0.15, 0.2) is 182 Å². The van der Waals surface area contributed by atoms with Crippen LogP contribution in [0.25, 0.3) is 23.3 Å². The molecule has 0 saturated carbocycles. The van der Waals surface area contributed by atoms with Crippen molar-refractivity contribution in [2.45, 2.75) is 6.42 Å². The Morgan fingerprint density at radius 3 is 1.19 bits per heavy atom. The molecule has 0 saturated heterocycles. The Labute approximate surface area is 277 Å². The first-order valence-electron chi connectivity index (χ1n) is 16.1. The third kappa shape index (κ3) is 5.85. The highest BCUT2D eigenvalue weighted by atomic mass is 15.1. The molecule has 0 bridgehead atoms. The first-order chi connectivity index (χ1) is 23.3. The van der Waals surface area contributed by atoms with Crippen LogP contribution in [-0.2, 0) is 6.42 Å². The first-order valence-corrected chi connectivity index (χ1v) is 16.1. The van der Waals surface area contributed by atoms with Crippen molar-refractivity contribution in [2.24, 2.45) is 0 Å². The van der Waals surface area contributed by atoms with Gasteiger partial charge in [-0.2, -0.15) is 0 Å². The number of hydrogen-bond acceptors (Lipinski definition) is 2. The Balaban J connectivity index is 1.03. The summed E-state index contributed by atoms with van der Waals surface area (Å²) in [5.41, 5.74) is 14.7. The molecule has 1 aliphatic rings. The third-order valence-corrected chi connectivity index (χ3v) is 8.82. The van der Waals surface area contributed by atoms with Crippen LogP contribution in [0.3, 0.4) is 0 Å². The average Bonchev–Trinajstić information content (AvgIpc) is 3.50. The highest BCUT2D eigenvalue weighted by Crippen LogP contribution is 2.42. The van der Waals surface area contributed by atoms with E-state index in [-0.39, 0.29) is 0 Å². The minimum atomic E-state index is 0.932. The van der Waals surface area contributed by atoms with Crippen LogP contribution >= 0.6 is 0 Å². The van der Waals surface area contributed by atoms with Crippen molar-refractivity contribution in [1.82, 2.24) is 0 Å². The van der Waals surface area contributed by atoms with Gasteiger partial charge in [0.05, 0.1) is 0 Å². The molecule has 0 unspecified atom stereocenters. The predicted octanol–water partition coefficient (Wildman–Crippen LogP) is 12.4. The summed E-state index contributed by atoms with van der Waals surface area (Å²) in [4.78, 5) is 4.62. The maximum atomic E-state index is 2.36. The Hall–Kier alpha value is -6.12. The fourth-order valence-corrected chi connectivity index (χ4v) is 6.59. The summed E-state index contributed by atoms with van der Waals surface area (Å²) in [5.74, 6) is 0. The summed E-state index contributed by atoms with van der Waals surface area (Å²) in [7, 11) is 0. The van der Waals surface area contributed by atoms with Crippen molar-refractivity contribution in [3.63, 3.8) is 0 Å². The van der Waals surface area contributed by atoms with Crippen molar-refractivity contribution < 1.29 is 0 Å². The molecule has 0 N–H and O–H groups in total. The zero-order valence-electron chi connectivity index (χ0n) is 26.1. The number of hydrogen-bond donors (Lipinski definition) is 0. The molecule has 0 aliphatic heterocycles. The van der Waals surface area contributed by atoms with E-state index in [1.807, 2.05) is 0 Å². The van der Waals surface area contributed by atoms with E-state index < -0.39 is 0 Å². The van der Waals surface area contributed by atoms with Crippen LogP contribution in [0.5, 0.6) is 0 Å². The molecule has 2 heteroatoms. The summed E-state index contributed by atoms with van der Waals surface area (Å²) in [5, 5.41) is 0. The molecule has 0 aromatic heterocycles. The summed E-state index contributed by atoms with van der Waals surface area (Å²) in [6.07, 6.45) is 5.36. The van der Waals surface area contributed by atoms with E-state index in [1.165, 1.54) is 39.1 Å². The lowest BCUT2D eigenvalue weighted by atomic mass is 10.0. The maximum Gasteiger partial charge on any atom is 0.0464 e. The van der Waals surface area contributed by atoms with Gasteiger partial charge in [-0.15, -0.1) is 0 Å². The highest BCUT2D eigenvalue weighted by Gasteiger charge is 2.21. The second-order valence-corrected chi connectivity index (χ2v) is 11.9. The SMILES string of the molecule is C(=Cc1ccc2c(c1)Cc1cc(N(c3ccccc3)c3ccccc3)ccc1-2)c1ccc(N(c2ccccc2)c2ccccc2)cc1. The fourth-order valence-electron chi connectivity index (χ4n) is 6.59. The van der Waals surface area contributed by atoms with Crippen molar-refractivity contribution >= 4 is 46.3 Å². The van der Waals surface area contributed by atoms with Crippen LogP contribution in [0.4, 0.5) is 34.1 Å². The largest absolute Gasteiger partial charge is 0.311 e. The second-order valence-electron chi connectivity index (χ2n) is 11.9. The van der Waals surface area contributed by atoms with E-state index in [2.05, 4.69) is 204 Å². The van der Waals surface area contributed by atoms with E-state index in [9.17, 15) is 0 Å². The molecule has 224 valence electrons. The van der Waals surface area contributed by atoms with Crippen LogP contribution < -0.4 is 9.80 Å². The van der Waals surface area contributed by atoms with Gasteiger partial charge in [0.2, 0.25) is 0 Å². The summed E-state index contributed by atoms with van der Waals surface area (Å²) < 4.78 is 0. The van der Waals surface area contributed by atoms with E-state index in [0.29, 0.717) is 0 Å². The van der Waals surface area contributed by atoms with E-state index >= 15 is 0 Å². The predicted molar refractivity (Wildman–Crippen MR) is 199 cm³/mol. The minimum absolute atomic E-state index is 0.932. The molecule has 2 nitrogen and oxygen atoms in total. The van der Waals surface area contributed by atoms with Crippen LogP contribution in [-0.4, -0.2) is 0 Å². The molecule has 0 spiro atoms. The summed E-state index contributed by atoms with van der Waals surface area (Å²) >= 11 is 0. The summed E-state index contributed by atoms with van der Waals surface area (Å²) in [6, 6.07) is 64.8. The monoisotopic (exact) mass is 602 g/mol. The molecule has 8 rings (SSSR count). The lowest BCUT2D eigenvalue weighted by Gasteiger charge is -2.26. The van der Waals surface area contributed by atoms with E-state index in [4.69, 9.17) is 0 Å². The molecule has 0 heterocycles. The van der Waals surface area contributed by atoms with Crippen molar-refractivity contribution in [1.29, 1.82) is 0 Å². The number of anilines is 6. The van der Waals surface area contributed by atoms with Crippen LogP contribution in [0.1, 0.15) is 22.3 Å². The minimum Gasteiger partial charge on any atom is -0.311 e. The van der Waals surface area contributed by atoms with Crippen molar-refractivity contribution in [2.75, 3.05) is 9.80 Å². The van der Waals surface area contributed by atoms with Gasteiger partial charge in [-0.3, -0.25) is 0 Å². The van der Waals surface area contributed by atoms with Gasteiger partial charge in [-0.1, -0.05) is 121 Å². The Bertz CT molecular complexity index is 2060. The maximum absolute atomic E-state index is 2.36. The number of para-hydroxylation sites is 4. The average molecular weight is 603 g/mol. The molecule has 0 atom stereocenters. The summed E-state index contributed by atoms with van der Waals surface area (Å²) in [6.45, 7) is 0. The topological polar surface area (TPSA) is 6.48 Å². The molecule has 0 amide bonds. The molecular formula is C45H34N2. The smallest absolute Gasteiger partial charge is 0.0464 e. The Morgan fingerprint density at radius 2 is 0.681 bits per heavy atom.